The number of nitrogens with zero attached hydrogens (tertiary/aromatic N) is 2. The van der Waals surface area contributed by atoms with E-state index in [1.807, 2.05) is 30.3 Å². The summed E-state index contributed by atoms with van der Waals surface area (Å²) in [5, 5.41) is 21.8. The number of fused-ring (bicyclic) bond motifs is 1. The molecular formula is C17H14N2O2. The number of hydrogen-bond acceptors (Lipinski definition) is 4. The molecule has 0 spiro atoms. The van der Waals surface area contributed by atoms with Gasteiger partial charge in [0.1, 0.15) is 17.2 Å². The molecule has 1 heterocycles. The topological polar surface area (TPSA) is 65.7 Å². The van der Waals surface area contributed by atoms with E-state index in [-0.39, 0.29) is 11.5 Å². The van der Waals surface area contributed by atoms with Crippen LogP contribution >= 0.6 is 0 Å². The predicted molar refractivity (Wildman–Crippen MR) is 83.5 cm³/mol. The smallest absolute Gasteiger partial charge is 0.149 e. The number of aromatic hydroxyl groups is 2. The molecule has 3 aromatic rings. The summed E-state index contributed by atoms with van der Waals surface area (Å²) in [6.07, 6.45) is 3.24. The lowest BCUT2D eigenvalue weighted by atomic mass is 10.0. The maximum absolute atomic E-state index is 10.4. The van der Waals surface area contributed by atoms with Gasteiger partial charge >= 0.3 is 0 Å². The number of rotatable bonds is 2. The molecule has 104 valence electrons. The number of pyridine rings is 1. The first-order valence-electron chi connectivity index (χ1n) is 6.57. The Kier molecular flexibility index (Phi) is 3.28. The maximum Gasteiger partial charge on any atom is 0.149 e. The van der Waals surface area contributed by atoms with Crippen LogP contribution in [0.3, 0.4) is 0 Å². The Labute approximate surface area is 122 Å². The van der Waals surface area contributed by atoms with Crippen LogP contribution in [0.15, 0.2) is 53.7 Å². The molecule has 21 heavy (non-hydrogen) atoms. The van der Waals surface area contributed by atoms with Gasteiger partial charge in [-0.15, -0.1) is 0 Å². The van der Waals surface area contributed by atoms with Crippen molar-refractivity contribution in [3.8, 4) is 11.5 Å². The van der Waals surface area contributed by atoms with E-state index in [1.54, 1.807) is 31.5 Å². The lowest BCUT2D eigenvalue weighted by Crippen LogP contribution is -1.87. The second-order valence-electron chi connectivity index (χ2n) is 4.73. The van der Waals surface area contributed by atoms with E-state index in [0.717, 1.165) is 0 Å². The van der Waals surface area contributed by atoms with Gasteiger partial charge in [0.2, 0.25) is 0 Å². The fourth-order valence-electron chi connectivity index (χ4n) is 2.26. The molecule has 0 saturated heterocycles. The van der Waals surface area contributed by atoms with Gasteiger partial charge in [-0.2, -0.15) is 0 Å². The molecule has 0 fully saturated rings. The van der Waals surface area contributed by atoms with Crippen LogP contribution in [0, 0.1) is 6.92 Å². The molecule has 3 rings (SSSR count). The van der Waals surface area contributed by atoms with E-state index in [2.05, 4.69) is 9.98 Å². The number of hydrogen-bond donors (Lipinski definition) is 2. The standard InChI is InChI=1S/C17H14N2O2/c1-11-15(19-10-12-6-4-5-9-18-12)17(21)14-8-3-2-7-13(14)16(11)20/h2-10,20-21H,1H3. The molecule has 0 aliphatic carbocycles. The van der Waals surface area contributed by atoms with Crippen molar-refractivity contribution in [2.45, 2.75) is 6.92 Å². The third-order valence-corrected chi connectivity index (χ3v) is 3.39. The summed E-state index contributed by atoms with van der Waals surface area (Å²) in [6.45, 7) is 1.73. The minimum absolute atomic E-state index is 0.0630. The third kappa shape index (κ3) is 2.31. The van der Waals surface area contributed by atoms with Gasteiger partial charge in [0.25, 0.3) is 0 Å². The van der Waals surface area contributed by atoms with Crippen LogP contribution < -0.4 is 0 Å². The second kappa shape index (κ2) is 5.25. The molecule has 0 aliphatic heterocycles. The van der Waals surface area contributed by atoms with Gasteiger partial charge in [0, 0.05) is 22.5 Å². The molecule has 0 bridgehead atoms. The highest BCUT2D eigenvalue weighted by Crippen LogP contribution is 2.43. The van der Waals surface area contributed by atoms with Crippen LogP contribution in [0.5, 0.6) is 11.5 Å². The highest BCUT2D eigenvalue weighted by Gasteiger charge is 2.14. The zero-order chi connectivity index (χ0) is 14.8. The number of phenolic OH excluding ortho intramolecular Hbond substituents is 2. The lowest BCUT2D eigenvalue weighted by molar-refractivity contribution is 0.467. The monoisotopic (exact) mass is 278 g/mol. The van der Waals surface area contributed by atoms with E-state index >= 15 is 0 Å². The Morgan fingerprint density at radius 3 is 2.29 bits per heavy atom. The first-order valence-corrected chi connectivity index (χ1v) is 6.57. The van der Waals surface area contributed by atoms with Gasteiger partial charge in [-0.25, -0.2) is 0 Å². The van der Waals surface area contributed by atoms with Crippen LogP contribution in [-0.2, 0) is 0 Å². The normalized spacial score (nSPS) is 11.3. The molecule has 2 N–H and O–H groups in total. The van der Waals surface area contributed by atoms with Gasteiger partial charge in [-0.05, 0) is 19.1 Å². The summed E-state index contributed by atoms with van der Waals surface area (Å²) in [5.74, 6) is 0.199. The molecule has 2 aromatic carbocycles. The van der Waals surface area contributed by atoms with Gasteiger partial charge in [0.15, 0.2) is 0 Å². The van der Waals surface area contributed by atoms with Crippen molar-refractivity contribution in [3.63, 3.8) is 0 Å². The average molecular weight is 278 g/mol. The molecule has 0 atom stereocenters. The zero-order valence-electron chi connectivity index (χ0n) is 11.5. The summed E-state index contributed by atoms with van der Waals surface area (Å²) in [4.78, 5) is 8.43. The Morgan fingerprint density at radius 1 is 0.952 bits per heavy atom. The maximum atomic E-state index is 10.4. The Bertz CT molecular complexity index is 827. The molecule has 0 unspecified atom stereocenters. The van der Waals surface area contributed by atoms with E-state index in [0.29, 0.717) is 27.7 Å². The summed E-state index contributed by atoms with van der Waals surface area (Å²) in [7, 11) is 0. The second-order valence-corrected chi connectivity index (χ2v) is 4.73. The van der Waals surface area contributed by atoms with Gasteiger partial charge in [0.05, 0.1) is 11.9 Å². The zero-order valence-corrected chi connectivity index (χ0v) is 11.5. The number of aromatic nitrogens is 1. The fraction of sp³-hybridized carbons (Fsp3) is 0.0588. The summed E-state index contributed by atoms with van der Waals surface area (Å²) in [5.41, 5.74) is 1.58. The van der Waals surface area contributed by atoms with Gasteiger partial charge in [-0.3, -0.25) is 9.98 Å². The SMILES string of the molecule is Cc1c(N=Cc2ccccn2)c(O)c2ccccc2c1O. The highest BCUT2D eigenvalue weighted by molar-refractivity contribution is 5.99. The predicted octanol–water partition coefficient (Wildman–Crippen LogP) is 3.71. The van der Waals surface area contributed by atoms with Crippen LogP contribution in [0.2, 0.25) is 0 Å². The van der Waals surface area contributed by atoms with Gasteiger partial charge in [-0.1, -0.05) is 30.3 Å². The van der Waals surface area contributed by atoms with Crippen LogP contribution in [0.25, 0.3) is 10.8 Å². The Hall–Kier alpha value is -2.88. The molecule has 0 saturated carbocycles. The van der Waals surface area contributed by atoms with Crippen molar-refractivity contribution in [2.75, 3.05) is 0 Å². The van der Waals surface area contributed by atoms with E-state index < -0.39 is 0 Å². The van der Waals surface area contributed by atoms with E-state index in [1.165, 1.54) is 0 Å². The van der Waals surface area contributed by atoms with E-state index in [9.17, 15) is 10.2 Å². The van der Waals surface area contributed by atoms with Crippen LogP contribution in [-0.4, -0.2) is 21.4 Å². The Morgan fingerprint density at radius 2 is 1.62 bits per heavy atom. The molecular weight excluding hydrogens is 264 g/mol. The number of benzene rings is 2. The van der Waals surface area contributed by atoms with Crippen molar-refractivity contribution in [2.24, 2.45) is 4.99 Å². The largest absolute Gasteiger partial charge is 0.507 e. The summed E-state index contributed by atoms with van der Waals surface area (Å²) in [6, 6.07) is 12.6. The van der Waals surface area contributed by atoms with Crippen LogP contribution in [0.4, 0.5) is 5.69 Å². The minimum atomic E-state index is 0.0630. The van der Waals surface area contributed by atoms with Crippen molar-refractivity contribution in [1.82, 2.24) is 4.98 Å². The quantitative estimate of drug-likeness (QED) is 0.555. The molecule has 0 amide bonds. The summed E-state index contributed by atoms with van der Waals surface area (Å²) < 4.78 is 0. The highest BCUT2D eigenvalue weighted by atomic mass is 16.3. The van der Waals surface area contributed by atoms with Crippen molar-refractivity contribution in [1.29, 1.82) is 0 Å². The number of phenols is 2. The van der Waals surface area contributed by atoms with Crippen molar-refractivity contribution >= 4 is 22.7 Å². The average Bonchev–Trinajstić information content (AvgIpc) is 2.54. The molecule has 4 nitrogen and oxygen atoms in total. The first-order chi connectivity index (χ1) is 10.2. The minimum Gasteiger partial charge on any atom is -0.507 e. The molecule has 4 heteroatoms. The van der Waals surface area contributed by atoms with Crippen molar-refractivity contribution < 1.29 is 10.2 Å². The third-order valence-electron chi connectivity index (χ3n) is 3.39. The molecule has 1 aromatic heterocycles. The fourth-order valence-corrected chi connectivity index (χ4v) is 2.26. The lowest BCUT2D eigenvalue weighted by Gasteiger charge is -2.10. The number of aliphatic imine (C=N–C) groups is 1. The van der Waals surface area contributed by atoms with Crippen molar-refractivity contribution in [3.05, 3.63) is 59.9 Å². The molecule has 0 radical (unpaired) electrons. The van der Waals surface area contributed by atoms with Gasteiger partial charge < -0.3 is 10.2 Å². The molecule has 0 aliphatic rings. The van der Waals surface area contributed by atoms with Crippen LogP contribution in [0.1, 0.15) is 11.3 Å². The summed E-state index contributed by atoms with van der Waals surface area (Å²) >= 11 is 0. The van der Waals surface area contributed by atoms with E-state index in [4.69, 9.17) is 0 Å². The first kappa shape index (κ1) is 13.1. The Balaban J connectivity index is 2.17.